The van der Waals surface area contributed by atoms with Crippen molar-refractivity contribution in [2.24, 2.45) is 10.9 Å². The van der Waals surface area contributed by atoms with E-state index in [9.17, 15) is 0 Å². The fraction of sp³-hybridized carbons (Fsp3) is 0.462. The van der Waals surface area contributed by atoms with Gasteiger partial charge in [0.15, 0.2) is 5.84 Å². The van der Waals surface area contributed by atoms with Crippen molar-refractivity contribution in [1.29, 1.82) is 0 Å². The topological polar surface area (TPSA) is 89.1 Å². The molecule has 0 spiro atoms. The largest absolute Gasteiger partial charge is 0.409 e. The Morgan fingerprint density at radius 1 is 1.32 bits per heavy atom. The molecule has 19 heavy (non-hydrogen) atoms. The van der Waals surface area contributed by atoms with Crippen molar-refractivity contribution in [2.75, 3.05) is 33.5 Å². The molecule has 1 rings (SSSR count). The van der Waals surface area contributed by atoms with E-state index >= 15 is 0 Å². The van der Waals surface area contributed by atoms with Gasteiger partial charge in [-0.1, -0.05) is 29.4 Å². The number of hydrogen-bond acceptors (Lipinski definition) is 5. The fourth-order valence-electron chi connectivity index (χ4n) is 1.59. The summed E-state index contributed by atoms with van der Waals surface area (Å²) >= 11 is 0. The highest BCUT2D eigenvalue weighted by Crippen LogP contribution is 2.07. The summed E-state index contributed by atoms with van der Waals surface area (Å²) in [5, 5.41) is 15.0. The first-order valence-corrected chi connectivity index (χ1v) is 6.12. The first-order chi connectivity index (χ1) is 9.29. The lowest BCUT2D eigenvalue weighted by Crippen LogP contribution is -2.23. The van der Waals surface area contributed by atoms with Gasteiger partial charge in [0.1, 0.15) is 0 Å². The summed E-state index contributed by atoms with van der Waals surface area (Å²) in [7, 11) is 1.64. The van der Waals surface area contributed by atoms with Crippen LogP contribution in [0, 0.1) is 0 Å². The second-order valence-corrected chi connectivity index (χ2v) is 3.92. The predicted octanol–water partition coefficient (Wildman–Crippen LogP) is 0.534. The lowest BCUT2D eigenvalue weighted by atomic mass is 10.1. The van der Waals surface area contributed by atoms with Crippen LogP contribution in [0.25, 0.3) is 0 Å². The minimum atomic E-state index is 0.119. The van der Waals surface area contributed by atoms with Gasteiger partial charge in [-0.3, -0.25) is 0 Å². The van der Waals surface area contributed by atoms with Crippen molar-refractivity contribution in [2.45, 2.75) is 6.54 Å². The minimum absolute atomic E-state index is 0.119. The van der Waals surface area contributed by atoms with Crippen LogP contribution in [-0.4, -0.2) is 44.5 Å². The van der Waals surface area contributed by atoms with E-state index in [1.807, 2.05) is 24.3 Å². The molecule has 6 heteroatoms. The Morgan fingerprint density at radius 2 is 2.11 bits per heavy atom. The second-order valence-electron chi connectivity index (χ2n) is 3.92. The van der Waals surface area contributed by atoms with Crippen molar-refractivity contribution in [1.82, 2.24) is 5.32 Å². The number of nitrogens with one attached hydrogen (secondary N) is 1. The van der Waals surface area contributed by atoms with Crippen LogP contribution in [0.1, 0.15) is 11.1 Å². The summed E-state index contributed by atoms with van der Waals surface area (Å²) in [6.07, 6.45) is 0. The SMILES string of the molecule is COCCOCCNCc1ccccc1C(N)=NO. The van der Waals surface area contributed by atoms with Crippen molar-refractivity contribution in [3.05, 3.63) is 35.4 Å². The summed E-state index contributed by atoms with van der Waals surface area (Å²) in [6, 6.07) is 7.53. The molecule has 0 aliphatic carbocycles. The Labute approximate surface area is 113 Å². The number of nitrogens with two attached hydrogens (primary N) is 1. The number of methoxy groups -OCH3 is 1. The fourth-order valence-corrected chi connectivity index (χ4v) is 1.59. The molecule has 0 aromatic heterocycles. The Balaban J connectivity index is 2.33. The van der Waals surface area contributed by atoms with E-state index < -0.39 is 0 Å². The summed E-state index contributed by atoms with van der Waals surface area (Å²) in [4.78, 5) is 0. The Bertz CT molecular complexity index is 396. The Morgan fingerprint density at radius 3 is 2.84 bits per heavy atom. The average molecular weight is 267 g/mol. The monoisotopic (exact) mass is 267 g/mol. The number of oxime groups is 1. The summed E-state index contributed by atoms with van der Waals surface area (Å²) < 4.78 is 10.2. The van der Waals surface area contributed by atoms with E-state index in [-0.39, 0.29) is 5.84 Å². The van der Waals surface area contributed by atoms with Gasteiger partial charge in [-0.15, -0.1) is 0 Å². The number of rotatable bonds is 9. The zero-order chi connectivity index (χ0) is 13.9. The van der Waals surface area contributed by atoms with Gasteiger partial charge in [0.2, 0.25) is 0 Å². The van der Waals surface area contributed by atoms with Crippen LogP contribution in [0.15, 0.2) is 29.4 Å². The molecule has 1 aromatic carbocycles. The number of hydrogen-bond donors (Lipinski definition) is 3. The molecule has 0 heterocycles. The molecule has 0 atom stereocenters. The smallest absolute Gasteiger partial charge is 0.170 e. The predicted molar refractivity (Wildman–Crippen MR) is 73.4 cm³/mol. The van der Waals surface area contributed by atoms with E-state index in [2.05, 4.69) is 10.5 Å². The maximum absolute atomic E-state index is 8.72. The van der Waals surface area contributed by atoms with Gasteiger partial charge in [0.05, 0.1) is 19.8 Å². The molecular weight excluding hydrogens is 246 g/mol. The second kappa shape index (κ2) is 9.32. The van der Waals surface area contributed by atoms with Gasteiger partial charge in [-0.25, -0.2) is 0 Å². The minimum Gasteiger partial charge on any atom is -0.409 e. The number of ether oxygens (including phenoxy) is 2. The molecule has 0 amide bonds. The average Bonchev–Trinajstić information content (AvgIpc) is 2.46. The third-order valence-corrected chi connectivity index (χ3v) is 2.57. The molecule has 6 nitrogen and oxygen atoms in total. The van der Waals surface area contributed by atoms with Crippen molar-refractivity contribution in [3.8, 4) is 0 Å². The standard InChI is InChI=1S/C13H21N3O3/c1-18-8-9-19-7-6-15-10-11-4-2-3-5-12(11)13(14)16-17/h2-5,15,17H,6-10H2,1H3,(H2,14,16). The molecule has 0 saturated carbocycles. The summed E-state index contributed by atoms with van der Waals surface area (Å²) in [5.74, 6) is 0.119. The molecule has 0 aliphatic heterocycles. The lowest BCUT2D eigenvalue weighted by molar-refractivity contribution is 0.0719. The van der Waals surface area contributed by atoms with Gasteiger partial charge in [-0.2, -0.15) is 0 Å². The molecule has 0 fully saturated rings. The van der Waals surface area contributed by atoms with Gasteiger partial charge in [0.25, 0.3) is 0 Å². The van der Waals surface area contributed by atoms with Crippen LogP contribution in [0.5, 0.6) is 0 Å². The zero-order valence-electron chi connectivity index (χ0n) is 11.1. The van der Waals surface area contributed by atoms with E-state index in [4.69, 9.17) is 20.4 Å². The molecule has 1 aromatic rings. The summed E-state index contributed by atoms with van der Waals surface area (Å²) in [6.45, 7) is 3.19. The third kappa shape index (κ3) is 5.69. The van der Waals surface area contributed by atoms with Crippen molar-refractivity contribution >= 4 is 5.84 Å². The first kappa shape index (κ1) is 15.4. The van der Waals surface area contributed by atoms with Gasteiger partial charge >= 0.3 is 0 Å². The van der Waals surface area contributed by atoms with Gasteiger partial charge in [-0.05, 0) is 5.56 Å². The number of nitrogens with zero attached hydrogens (tertiary/aromatic N) is 1. The van der Waals surface area contributed by atoms with Crippen LogP contribution in [0.3, 0.4) is 0 Å². The quantitative estimate of drug-likeness (QED) is 0.200. The van der Waals surface area contributed by atoms with Crippen LogP contribution in [-0.2, 0) is 16.0 Å². The molecule has 0 unspecified atom stereocenters. The maximum atomic E-state index is 8.72. The molecule has 0 aliphatic rings. The molecule has 0 saturated heterocycles. The van der Waals surface area contributed by atoms with E-state index in [1.54, 1.807) is 7.11 Å². The molecule has 0 bridgehead atoms. The lowest BCUT2D eigenvalue weighted by Gasteiger charge is -2.09. The maximum Gasteiger partial charge on any atom is 0.170 e. The number of benzene rings is 1. The molecule has 106 valence electrons. The van der Waals surface area contributed by atoms with Crippen LogP contribution in [0.2, 0.25) is 0 Å². The highest BCUT2D eigenvalue weighted by atomic mass is 16.5. The van der Waals surface area contributed by atoms with Gasteiger partial charge in [0, 0.05) is 25.8 Å². The first-order valence-electron chi connectivity index (χ1n) is 6.12. The Hall–Kier alpha value is -1.63. The van der Waals surface area contributed by atoms with Crippen LogP contribution < -0.4 is 11.1 Å². The highest BCUT2D eigenvalue weighted by Gasteiger charge is 2.05. The van der Waals surface area contributed by atoms with E-state index in [0.717, 1.165) is 17.7 Å². The Kier molecular flexibility index (Phi) is 7.57. The van der Waals surface area contributed by atoms with Crippen LogP contribution in [0.4, 0.5) is 0 Å². The molecule has 4 N–H and O–H groups in total. The van der Waals surface area contributed by atoms with Crippen molar-refractivity contribution < 1.29 is 14.7 Å². The van der Waals surface area contributed by atoms with E-state index in [1.165, 1.54) is 0 Å². The molecule has 0 radical (unpaired) electrons. The van der Waals surface area contributed by atoms with E-state index in [0.29, 0.717) is 26.4 Å². The van der Waals surface area contributed by atoms with Crippen molar-refractivity contribution in [3.63, 3.8) is 0 Å². The normalized spacial score (nSPS) is 11.7. The molecular formula is C13H21N3O3. The number of amidine groups is 1. The zero-order valence-corrected chi connectivity index (χ0v) is 11.1. The highest BCUT2D eigenvalue weighted by molar-refractivity contribution is 5.98. The van der Waals surface area contributed by atoms with Crippen LogP contribution >= 0.6 is 0 Å². The third-order valence-electron chi connectivity index (χ3n) is 2.57. The van der Waals surface area contributed by atoms with Gasteiger partial charge < -0.3 is 25.7 Å². The summed E-state index contributed by atoms with van der Waals surface area (Å²) in [5.41, 5.74) is 7.33.